The summed E-state index contributed by atoms with van der Waals surface area (Å²) in [4.78, 5) is 10.8. The summed E-state index contributed by atoms with van der Waals surface area (Å²) in [5.74, 6) is -3.00. The molecule has 1 fully saturated rings. The Morgan fingerprint density at radius 2 is 1.95 bits per heavy atom. The molecule has 1 aliphatic rings. The van der Waals surface area contributed by atoms with Gasteiger partial charge >= 0.3 is 0 Å². The first-order chi connectivity index (χ1) is 8.85. The maximum Gasteiger partial charge on any atom is 0.254 e. The van der Waals surface area contributed by atoms with Crippen LogP contribution in [0.15, 0.2) is 21.4 Å². The second-order valence-corrected chi connectivity index (χ2v) is 5.68. The molecular formula is C11H12F2N2O3S. The molecule has 0 unspecified atom stereocenters. The summed E-state index contributed by atoms with van der Waals surface area (Å²) >= 11 is 0. The van der Waals surface area contributed by atoms with Crippen molar-refractivity contribution in [2.24, 2.45) is 4.40 Å². The van der Waals surface area contributed by atoms with Gasteiger partial charge in [-0.25, -0.2) is 8.78 Å². The quantitative estimate of drug-likeness (QED) is 0.800. The Labute approximate surface area is 109 Å². The van der Waals surface area contributed by atoms with Gasteiger partial charge in [0.15, 0.2) is 5.82 Å². The van der Waals surface area contributed by atoms with Crippen molar-refractivity contribution >= 4 is 22.4 Å². The number of carbonyl (C=O) groups excluding carboxylic acids is 1. The van der Waals surface area contributed by atoms with E-state index in [0.29, 0.717) is 24.6 Å². The number of carbonyl (C=O) groups is 1. The Morgan fingerprint density at radius 1 is 1.32 bits per heavy atom. The molecule has 1 aromatic carbocycles. The van der Waals surface area contributed by atoms with Crippen LogP contribution in [-0.4, -0.2) is 27.8 Å². The molecule has 2 rings (SSSR count). The fraction of sp³-hybridized carbons (Fsp3) is 0.273. The van der Waals surface area contributed by atoms with Crippen molar-refractivity contribution in [2.75, 3.05) is 7.05 Å². The summed E-state index contributed by atoms with van der Waals surface area (Å²) in [7, 11) is -2.46. The molecule has 1 amide bonds. The molecule has 5 nitrogen and oxygen atoms in total. The molecule has 0 radical (unpaired) electrons. The van der Waals surface area contributed by atoms with Crippen LogP contribution in [0.4, 0.5) is 8.78 Å². The third-order valence-electron chi connectivity index (χ3n) is 2.52. The number of nitrogens with zero attached hydrogens (tertiary/aromatic N) is 1. The van der Waals surface area contributed by atoms with Gasteiger partial charge in [-0.1, -0.05) is 10.8 Å². The zero-order valence-corrected chi connectivity index (χ0v) is 10.8. The van der Waals surface area contributed by atoms with Crippen molar-refractivity contribution in [3.8, 4) is 0 Å². The van der Waals surface area contributed by atoms with E-state index in [9.17, 15) is 22.7 Å². The van der Waals surface area contributed by atoms with Crippen LogP contribution >= 0.6 is 10.8 Å². The van der Waals surface area contributed by atoms with Crippen LogP contribution in [0.3, 0.4) is 0 Å². The Kier molecular flexibility index (Phi) is 3.57. The minimum Gasteiger partial charge on any atom is -0.355 e. The van der Waals surface area contributed by atoms with Gasteiger partial charge in [0.25, 0.3) is 5.91 Å². The van der Waals surface area contributed by atoms with Crippen LogP contribution in [0.25, 0.3) is 0 Å². The number of benzene rings is 1. The van der Waals surface area contributed by atoms with Crippen molar-refractivity contribution in [1.29, 1.82) is 0 Å². The molecule has 8 heteroatoms. The van der Waals surface area contributed by atoms with Crippen molar-refractivity contribution in [2.45, 2.75) is 17.7 Å². The molecule has 0 heterocycles. The van der Waals surface area contributed by atoms with Crippen molar-refractivity contribution in [3.05, 3.63) is 29.3 Å². The number of amides is 1. The van der Waals surface area contributed by atoms with Crippen LogP contribution in [0.2, 0.25) is 0 Å². The third-order valence-corrected chi connectivity index (χ3v) is 3.93. The van der Waals surface area contributed by atoms with Crippen LogP contribution in [-0.2, 0) is 0 Å². The average Bonchev–Trinajstić information content (AvgIpc) is 3.11. The second-order valence-electron chi connectivity index (χ2n) is 4.02. The highest BCUT2D eigenvalue weighted by Gasteiger charge is 2.27. The first kappa shape index (κ1) is 13.9. The Balaban J connectivity index is 2.50. The van der Waals surface area contributed by atoms with Gasteiger partial charge in [-0.05, 0) is 18.9 Å². The molecular weight excluding hydrogens is 278 g/mol. The third kappa shape index (κ3) is 2.91. The first-order valence-corrected chi connectivity index (χ1v) is 6.92. The molecule has 104 valence electrons. The predicted octanol–water partition coefficient (Wildman–Crippen LogP) is 2.58. The molecule has 0 saturated heterocycles. The predicted molar refractivity (Wildman–Crippen MR) is 67.5 cm³/mol. The summed E-state index contributed by atoms with van der Waals surface area (Å²) in [6, 6.07) is 1.23. The summed E-state index contributed by atoms with van der Waals surface area (Å²) in [6.07, 6.45) is 1.25. The van der Waals surface area contributed by atoms with Gasteiger partial charge < -0.3 is 5.32 Å². The van der Waals surface area contributed by atoms with Gasteiger partial charge in [0.1, 0.15) is 10.7 Å². The number of hydrogen-bond donors (Lipinski definition) is 3. The fourth-order valence-electron chi connectivity index (χ4n) is 1.42. The molecule has 0 bridgehead atoms. The zero-order valence-electron chi connectivity index (χ0n) is 9.98. The van der Waals surface area contributed by atoms with Crippen molar-refractivity contribution in [1.82, 2.24) is 5.32 Å². The van der Waals surface area contributed by atoms with Gasteiger partial charge in [-0.3, -0.25) is 13.9 Å². The summed E-state index contributed by atoms with van der Waals surface area (Å²) in [6.45, 7) is 0. The van der Waals surface area contributed by atoms with Crippen LogP contribution < -0.4 is 5.32 Å². The second kappa shape index (κ2) is 4.87. The molecule has 3 N–H and O–H groups in total. The number of rotatable bonds is 3. The van der Waals surface area contributed by atoms with Crippen LogP contribution in [0, 0.1) is 11.6 Å². The van der Waals surface area contributed by atoms with E-state index in [1.807, 2.05) is 0 Å². The fourth-order valence-corrected chi connectivity index (χ4v) is 2.66. The van der Waals surface area contributed by atoms with Crippen LogP contribution in [0.1, 0.15) is 23.2 Å². The largest absolute Gasteiger partial charge is 0.355 e. The Hall–Kier alpha value is -1.51. The lowest BCUT2D eigenvalue weighted by Gasteiger charge is -2.27. The summed E-state index contributed by atoms with van der Waals surface area (Å²) in [5, 5.41) is 2.18. The first-order valence-electron chi connectivity index (χ1n) is 5.42. The van der Waals surface area contributed by atoms with Gasteiger partial charge in [-0.2, -0.15) is 4.40 Å². The lowest BCUT2D eigenvalue weighted by atomic mass is 10.2. The standard InChI is InChI=1S/C11H12F2N2O3S/c1-14-11(16)7-4-10(9(13)5-8(7)12)19(17,18)15-6-2-3-6/h4-5,17-18H,2-3H2,1H3,(H,14,16). The minimum atomic E-state index is -3.74. The molecule has 1 saturated carbocycles. The summed E-state index contributed by atoms with van der Waals surface area (Å²) in [5.41, 5.74) is 0.0973. The molecule has 0 aromatic heterocycles. The average molecular weight is 290 g/mol. The van der Waals surface area contributed by atoms with E-state index in [4.69, 9.17) is 0 Å². The summed E-state index contributed by atoms with van der Waals surface area (Å²) < 4.78 is 50.3. The van der Waals surface area contributed by atoms with E-state index in [0.717, 1.165) is 6.07 Å². The molecule has 0 aliphatic heterocycles. The van der Waals surface area contributed by atoms with Gasteiger partial charge in [0.05, 0.1) is 5.56 Å². The van der Waals surface area contributed by atoms with Crippen LogP contribution in [0.5, 0.6) is 0 Å². The number of halogens is 2. The maximum absolute atomic E-state index is 13.6. The Morgan fingerprint density at radius 3 is 2.47 bits per heavy atom. The van der Waals surface area contributed by atoms with E-state index < -0.39 is 38.8 Å². The monoisotopic (exact) mass is 290 g/mol. The van der Waals surface area contributed by atoms with Gasteiger partial charge in [-0.15, -0.1) is 0 Å². The minimum absolute atomic E-state index is 0.446. The Bertz CT molecular complexity index is 569. The maximum atomic E-state index is 13.6. The highest BCUT2D eigenvalue weighted by Crippen LogP contribution is 2.52. The number of nitrogens with one attached hydrogen (secondary N) is 1. The molecule has 1 aliphatic carbocycles. The van der Waals surface area contributed by atoms with E-state index in [1.54, 1.807) is 0 Å². The highest BCUT2D eigenvalue weighted by molar-refractivity contribution is 8.23. The van der Waals surface area contributed by atoms with E-state index in [1.165, 1.54) is 7.05 Å². The lowest BCUT2D eigenvalue weighted by molar-refractivity contribution is 0.0958. The SMILES string of the molecule is CNC(=O)c1cc(S(O)(O)N=C2CC2)c(F)cc1F. The zero-order chi connectivity index (χ0) is 14.2. The van der Waals surface area contributed by atoms with Gasteiger partial charge in [0.2, 0.25) is 0 Å². The molecule has 19 heavy (non-hydrogen) atoms. The van der Waals surface area contributed by atoms with E-state index in [-0.39, 0.29) is 0 Å². The smallest absolute Gasteiger partial charge is 0.254 e. The van der Waals surface area contributed by atoms with Crippen molar-refractivity contribution in [3.63, 3.8) is 0 Å². The molecule has 1 aromatic rings. The highest BCUT2D eigenvalue weighted by atomic mass is 32.3. The normalized spacial score (nSPS) is 15.1. The van der Waals surface area contributed by atoms with Gasteiger partial charge in [0, 0.05) is 18.8 Å². The topological polar surface area (TPSA) is 81.9 Å². The lowest BCUT2D eigenvalue weighted by Crippen LogP contribution is -2.20. The van der Waals surface area contributed by atoms with E-state index in [2.05, 4.69) is 9.71 Å². The van der Waals surface area contributed by atoms with Crippen molar-refractivity contribution < 1.29 is 22.7 Å². The molecule has 0 spiro atoms. The van der Waals surface area contributed by atoms with E-state index >= 15 is 0 Å². The number of hydrogen-bond acceptors (Lipinski definition) is 4. The molecule has 0 atom stereocenters.